The lowest BCUT2D eigenvalue weighted by Gasteiger charge is -2.32. The Hall–Kier alpha value is -0.640. The van der Waals surface area contributed by atoms with E-state index in [0.29, 0.717) is 11.2 Å². The minimum absolute atomic E-state index is 0.237. The summed E-state index contributed by atoms with van der Waals surface area (Å²) in [7, 11) is 2.10. The fraction of sp³-hybridized carbons (Fsp3) is 0.583. The number of hydrogen-bond acceptors (Lipinski definition) is 3. The van der Waals surface area contributed by atoms with Gasteiger partial charge in [0.1, 0.15) is 10.8 Å². The van der Waals surface area contributed by atoms with Crippen molar-refractivity contribution in [1.29, 1.82) is 0 Å². The molecule has 4 heteroatoms. The molecule has 0 amide bonds. The minimum atomic E-state index is -0.727. The Morgan fingerprint density at radius 2 is 2.31 bits per heavy atom. The molecule has 0 radical (unpaired) electrons. The van der Waals surface area contributed by atoms with Gasteiger partial charge < -0.3 is 5.11 Å². The van der Waals surface area contributed by atoms with Crippen LogP contribution in [0.3, 0.4) is 0 Å². The van der Waals surface area contributed by atoms with Gasteiger partial charge in [0.2, 0.25) is 0 Å². The van der Waals surface area contributed by atoms with E-state index >= 15 is 0 Å². The van der Waals surface area contributed by atoms with Crippen LogP contribution in [0, 0.1) is 0 Å². The Bertz CT molecular complexity index is 408. The summed E-state index contributed by atoms with van der Waals surface area (Å²) in [6.45, 7) is 0. The van der Waals surface area contributed by atoms with Gasteiger partial charge in [-0.2, -0.15) is 0 Å². The van der Waals surface area contributed by atoms with E-state index < -0.39 is 5.60 Å². The van der Waals surface area contributed by atoms with Crippen LogP contribution in [0.25, 0.3) is 0 Å². The van der Waals surface area contributed by atoms with Crippen molar-refractivity contribution in [3.63, 3.8) is 0 Å². The van der Waals surface area contributed by atoms with Gasteiger partial charge in [0.15, 0.2) is 0 Å². The fourth-order valence-electron chi connectivity index (χ4n) is 3.27. The van der Waals surface area contributed by atoms with Gasteiger partial charge in [-0.05, 0) is 32.4 Å². The standard InChI is InChI=1S/C12H15ClN2O/c1-15-9-3-4-10(15)12(16,6-9)8-2-5-11(13)14-7-8/h2,5,7,9-10,16H,3-4,6H2,1H3/t9?,10?,12-/m0/s1. The summed E-state index contributed by atoms with van der Waals surface area (Å²) < 4.78 is 0. The number of pyridine rings is 1. The Kier molecular flexibility index (Phi) is 2.25. The number of hydrogen-bond donors (Lipinski definition) is 1. The maximum absolute atomic E-state index is 10.8. The molecule has 2 aliphatic rings. The molecule has 0 spiro atoms. The monoisotopic (exact) mass is 238 g/mol. The van der Waals surface area contributed by atoms with Crippen molar-refractivity contribution in [2.75, 3.05) is 7.05 Å². The lowest BCUT2D eigenvalue weighted by Crippen LogP contribution is -2.39. The third-order valence-electron chi connectivity index (χ3n) is 4.17. The van der Waals surface area contributed by atoms with E-state index in [1.807, 2.05) is 6.07 Å². The van der Waals surface area contributed by atoms with Crippen LogP contribution in [-0.2, 0) is 5.60 Å². The summed E-state index contributed by atoms with van der Waals surface area (Å²) in [5.41, 5.74) is 0.172. The molecule has 0 aliphatic carbocycles. The summed E-state index contributed by atoms with van der Waals surface area (Å²) in [6, 6.07) is 4.40. The first-order chi connectivity index (χ1) is 7.61. The zero-order valence-electron chi connectivity index (χ0n) is 9.23. The van der Waals surface area contributed by atoms with Gasteiger partial charge in [-0.1, -0.05) is 17.7 Å². The molecule has 3 rings (SSSR count). The Morgan fingerprint density at radius 3 is 2.81 bits per heavy atom. The van der Waals surface area contributed by atoms with Gasteiger partial charge in [-0.15, -0.1) is 0 Å². The van der Waals surface area contributed by atoms with Crippen LogP contribution in [0.2, 0.25) is 5.15 Å². The first-order valence-corrected chi connectivity index (χ1v) is 6.05. The third-order valence-corrected chi connectivity index (χ3v) is 4.39. The number of aromatic nitrogens is 1. The summed E-state index contributed by atoms with van der Waals surface area (Å²) in [5, 5.41) is 11.3. The molecule has 2 bridgehead atoms. The van der Waals surface area contributed by atoms with E-state index in [1.54, 1.807) is 12.3 Å². The van der Waals surface area contributed by atoms with Gasteiger partial charge in [-0.3, -0.25) is 4.90 Å². The molecule has 0 saturated carbocycles. The number of nitrogens with zero attached hydrogens (tertiary/aromatic N) is 2. The number of likely N-dealkylation sites (N-methyl/N-ethyl adjacent to an activating group) is 1. The van der Waals surface area contributed by atoms with Crippen molar-refractivity contribution in [3.8, 4) is 0 Å². The first kappa shape index (κ1) is 10.5. The van der Waals surface area contributed by atoms with Crippen LogP contribution in [0.5, 0.6) is 0 Å². The van der Waals surface area contributed by atoms with E-state index in [1.165, 1.54) is 6.42 Å². The van der Waals surface area contributed by atoms with Gasteiger partial charge >= 0.3 is 0 Å². The van der Waals surface area contributed by atoms with E-state index in [9.17, 15) is 5.11 Å². The largest absolute Gasteiger partial charge is 0.383 e. The van der Waals surface area contributed by atoms with E-state index in [-0.39, 0.29) is 6.04 Å². The van der Waals surface area contributed by atoms with Crippen molar-refractivity contribution in [3.05, 3.63) is 29.0 Å². The van der Waals surface area contributed by atoms with Gasteiger partial charge in [0, 0.05) is 23.8 Å². The molecule has 3 heterocycles. The minimum Gasteiger partial charge on any atom is -0.383 e. The van der Waals surface area contributed by atoms with E-state index in [4.69, 9.17) is 11.6 Å². The quantitative estimate of drug-likeness (QED) is 0.758. The molecule has 3 atom stereocenters. The van der Waals surface area contributed by atoms with Crippen molar-refractivity contribution >= 4 is 11.6 Å². The molecule has 1 N–H and O–H groups in total. The van der Waals surface area contributed by atoms with Crippen molar-refractivity contribution in [1.82, 2.24) is 9.88 Å². The molecule has 1 aromatic heterocycles. The van der Waals surface area contributed by atoms with Crippen molar-refractivity contribution < 1.29 is 5.11 Å². The molecule has 2 saturated heterocycles. The second-order valence-corrected chi connectivity index (χ2v) is 5.30. The average molecular weight is 239 g/mol. The molecule has 3 nitrogen and oxygen atoms in total. The fourth-order valence-corrected chi connectivity index (χ4v) is 3.38. The molecule has 2 aliphatic heterocycles. The SMILES string of the molecule is CN1C2CCC1[C@@](O)(c1ccc(Cl)nc1)C2. The summed E-state index contributed by atoms with van der Waals surface area (Å²) in [4.78, 5) is 6.36. The Balaban J connectivity index is 1.98. The van der Waals surface area contributed by atoms with Crippen LogP contribution >= 0.6 is 11.6 Å². The summed E-state index contributed by atoms with van der Waals surface area (Å²) in [5.74, 6) is 0. The number of halogens is 1. The van der Waals surface area contributed by atoms with Crippen LogP contribution in [-0.4, -0.2) is 34.1 Å². The second kappa shape index (κ2) is 3.42. The highest BCUT2D eigenvalue weighted by Crippen LogP contribution is 2.48. The second-order valence-electron chi connectivity index (χ2n) is 4.91. The molecule has 2 unspecified atom stereocenters. The van der Waals surface area contributed by atoms with Crippen LogP contribution in [0.15, 0.2) is 18.3 Å². The first-order valence-electron chi connectivity index (χ1n) is 5.67. The van der Waals surface area contributed by atoms with Crippen molar-refractivity contribution in [2.24, 2.45) is 0 Å². The number of fused-ring (bicyclic) bond motifs is 2. The lowest BCUT2D eigenvalue weighted by atomic mass is 9.80. The van der Waals surface area contributed by atoms with Crippen LogP contribution < -0.4 is 0 Å². The Labute approximate surface area is 100 Å². The smallest absolute Gasteiger partial charge is 0.129 e. The summed E-state index contributed by atoms with van der Waals surface area (Å²) in [6.07, 6.45) is 4.79. The highest BCUT2D eigenvalue weighted by atomic mass is 35.5. The van der Waals surface area contributed by atoms with Crippen LogP contribution in [0.4, 0.5) is 0 Å². The van der Waals surface area contributed by atoms with Gasteiger partial charge in [0.25, 0.3) is 0 Å². The normalized spacial score (nSPS) is 38.2. The van der Waals surface area contributed by atoms with E-state index in [0.717, 1.165) is 18.4 Å². The van der Waals surface area contributed by atoms with E-state index in [2.05, 4.69) is 16.9 Å². The molecule has 16 heavy (non-hydrogen) atoms. The number of rotatable bonds is 1. The highest BCUT2D eigenvalue weighted by molar-refractivity contribution is 6.29. The molecule has 0 aromatic carbocycles. The zero-order chi connectivity index (χ0) is 11.3. The molecule has 86 valence electrons. The number of aliphatic hydroxyl groups is 1. The van der Waals surface area contributed by atoms with Crippen molar-refractivity contribution in [2.45, 2.75) is 36.9 Å². The molecule has 2 fully saturated rings. The topological polar surface area (TPSA) is 36.4 Å². The van der Waals surface area contributed by atoms with Gasteiger partial charge in [0.05, 0.1) is 0 Å². The maximum atomic E-state index is 10.8. The molecule has 1 aromatic rings. The predicted molar refractivity (Wildman–Crippen MR) is 62.3 cm³/mol. The molecular formula is C12H15ClN2O. The average Bonchev–Trinajstić information content (AvgIpc) is 2.73. The molecular weight excluding hydrogens is 224 g/mol. The highest BCUT2D eigenvalue weighted by Gasteiger charge is 2.54. The lowest BCUT2D eigenvalue weighted by molar-refractivity contribution is -0.000200. The van der Waals surface area contributed by atoms with Gasteiger partial charge in [-0.25, -0.2) is 4.98 Å². The third kappa shape index (κ3) is 1.32. The summed E-state index contributed by atoms with van der Waals surface area (Å²) >= 11 is 5.77. The Morgan fingerprint density at radius 1 is 1.50 bits per heavy atom. The zero-order valence-corrected chi connectivity index (χ0v) is 9.98. The van der Waals surface area contributed by atoms with Crippen LogP contribution in [0.1, 0.15) is 24.8 Å². The predicted octanol–water partition coefficient (Wildman–Crippen LogP) is 1.79. The maximum Gasteiger partial charge on any atom is 0.129 e.